The minimum absolute atomic E-state index is 0.0739. The van der Waals surface area contributed by atoms with Crippen molar-refractivity contribution in [2.45, 2.75) is 6.92 Å². The van der Waals surface area contributed by atoms with Gasteiger partial charge in [-0.2, -0.15) is 0 Å². The van der Waals surface area contributed by atoms with E-state index < -0.39 is 5.82 Å². The highest BCUT2D eigenvalue weighted by Crippen LogP contribution is 2.37. The number of rotatable bonds is 5. The first-order chi connectivity index (χ1) is 14.3. The van der Waals surface area contributed by atoms with Gasteiger partial charge in [0.25, 0.3) is 11.8 Å². The van der Waals surface area contributed by atoms with Crippen LogP contribution in [0.2, 0.25) is 5.02 Å². The van der Waals surface area contributed by atoms with Crippen molar-refractivity contribution in [2.75, 3.05) is 39.9 Å². The van der Waals surface area contributed by atoms with Gasteiger partial charge in [-0.1, -0.05) is 11.6 Å². The molecular weight excluding hydrogens is 479 g/mol. The highest BCUT2D eigenvalue weighted by atomic mass is 79.9. The van der Waals surface area contributed by atoms with Crippen molar-refractivity contribution in [3.8, 4) is 11.5 Å². The zero-order valence-electron chi connectivity index (χ0n) is 16.6. The lowest BCUT2D eigenvalue weighted by atomic mass is 10.1. The number of carbonyl (C=O) groups is 2. The van der Waals surface area contributed by atoms with E-state index in [2.05, 4.69) is 15.9 Å². The topological polar surface area (TPSA) is 59.1 Å². The molecule has 0 bridgehead atoms. The molecule has 2 aromatic rings. The number of hydrogen-bond donors (Lipinski definition) is 0. The SMILES string of the molecule is CCOc1c(Br)cc(C(=O)N2CCN(C(=O)c3ccc(F)cc3Cl)CC2)cc1OC. The number of methoxy groups -OCH3 is 1. The van der Waals surface area contributed by atoms with Crippen LogP contribution >= 0.6 is 27.5 Å². The number of ether oxygens (including phenoxy) is 2. The standard InChI is InChI=1S/C21H21BrClFN2O4/c1-3-30-19-16(22)10-13(11-18(19)29-2)20(27)25-6-8-26(9-7-25)21(28)15-5-4-14(24)12-17(15)23/h4-5,10-12H,3,6-9H2,1-2H3. The minimum atomic E-state index is -0.496. The molecule has 2 aromatic carbocycles. The van der Waals surface area contributed by atoms with Gasteiger partial charge >= 0.3 is 0 Å². The molecule has 1 aliphatic rings. The fourth-order valence-corrected chi connectivity index (χ4v) is 4.06. The Balaban J connectivity index is 1.69. The number of benzene rings is 2. The van der Waals surface area contributed by atoms with Crippen molar-refractivity contribution < 1.29 is 23.5 Å². The van der Waals surface area contributed by atoms with E-state index in [4.69, 9.17) is 21.1 Å². The third kappa shape index (κ3) is 4.70. The molecule has 1 fully saturated rings. The van der Waals surface area contributed by atoms with Crippen LogP contribution < -0.4 is 9.47 Å². The van der Waals surface area contributed by atoms with Gasteiger partial charge < -0.3 is 19.3 Å². The van der Waals surface area contributed by atoms with Gasteiger partial charge in [0, 0.05) is 31.7 Å². The van der Waals surface area contributed by atoms with E-state index in [1.807, 2.05) is 6.92 Å². The molecule has 6 nitrogen and oxygen atoms in total. The van der Waals surface area contributed by atoms with Crippen molar-refractivity contribution in [1.29, 1.82) is 0 Å². The van der Waals surface area contributed by atoms with Gasteiger partial charge in [0.1, 0.15) is 5.82 Å². The summed E-state index contributed by atoms with van der Waals surface area (Å²) in [6.07, 6.45) is 0. The van der Waals surface area contributed by atoms with Gasteiger partial charge in [-0.25, -0.2) is 4.39 Å². The number of amides is 2. The smallest absolute Gasteiger partial charge is 0.255 e. The lowest BCUT2D eigenvalue weighted by Crippen LogP contribution is -2.50. The van der Waals surface area contributed by atoms with E-state index in [-0.39, 0.29) is 22.4 Å². The molecule has 9 heteroatoms. The number of piperazine rings is 1. The Morgan fingerprint density at radius 1 is 1.10 bits per heavy atom. The van der Waals surface area contributed by atoms with Gasteiger partial charge in [-0.15, -0.1) is 0 Å². The van der Waals surface area contributed by atoms with Crippen molar-refractivity contribution >= 4 is 39.3 Å². The zero-order valence-corrected chi connectivity index (χ0v) is 18.9. The molecule has 2 amide bonds. The third-order valence-corrected chi connectivity index (χ3v) is 5.68. The Kier molecular flexibility index (Phi) is 7.20. The third-order valence-electron chi connectivity index (χ3n) is 4.78. The van der Waals surface area contributed by atoms with Crippen LogP contribution in [0.4, 0.5) is 4.39 Å². The number of carbonyl (C=O) groups excluding carboxylic acids is 2. The van der Waals surface area contributed by atoms with Gasteiger partial charge in [0.05, 0.1) is 28.8 Å². The van der Waals surface area contributed by atoms with E-state index >= 15 is 0 Å². The largest absolute Gasteiger partial charge is 0.493 e. The molecule has 30 heavy (non-hydrogen) atoms. The summed E-state index contributed by atoms with van der Waals surface area (Å²) >= 11 is 9.43. The van der Waals surface area contributed by atoms with Crippen LogP contribution in [0.15, 0.2) is 34.8 Å². The van der Waals surface area contributed by atoms with E-state index in [1.165, 1.54) is 19.2 Å². The van der Waals surface area contributed by atoms with E-state index in [0.717, 1.165) is 6.07 Å². The normalized spacial score (nSPS) is 13.9. The predicted octanol–water partition coefficient (Wildman–Crippen LogP) is 4.25. The summed E-state index contributed by atoms with van der Waals surface area (Å²) in [6, 6.07) is 7.04. The fourth-order valence-electron chi connectivity index (χ4n) is 3.26. The number of hydrogen-bond acceptors (Lipinski definition) is 4. The quantitative estimate of drug-likeness (QED) is 0.617. The molecule has 0 aliphatic carbocycles. The van der Waals surface area contributed by atoms with Crippen LogP contribution in [0.5, 0.6) is 11.5 Å². The highest BCUT2D eigenvalue weighted by Gasteiger charge is 2.27. The first kappa shape index (κ1) is 22.4. The van der Waals surface area contributed by atoms with Crippen molar-refractivity contribution in [2.24, 2.45) is 0 Å². The first-order valence-electron chi connectivity index (χ1n) is 9.39. The number of nitrogens with zero attached hydrogens (tertiary/aromatic N) is 2. The summed E-state index contributed by atoms with van der Waals surface area (Å²) < 4.78 is 24.8. The summed E-state index contributed by atoms with van der Waals surface area (Å²) in [7, 11) is 1.52. The number of halogens is 3. The molecule has 0 aromatic heterocycles. The molecule has 1 saturated heterocycles. The molecule has 0 atom stereocenters. The van der Waals surface area contributed by atoms with Crippen LogP contribution in [-0.4, -0.2) is 61.5 Å². The molecule has 0 N–H and O–H groups in total. The lowest BCUT2D eigenvalue weighted by molar-refractivity contribution is 0.0535. The fraction of sp³-hybridized carbons (Fsp3) is 0.333. The van der Waals surface area contributed by atoms with Crippen molar-refractivity contribution in [3.05, 3.63) is 56.8 Å². The molecule has 0 spiro atoms. The van der Waals surface area contributed by atoms with Crippen LogP contribution in [0.1, 0.15) is 27.6 Å². The molecule has 0 radical (unpaired) electrons. The Morgan fingerprint density at radius 2 is 1.73 bits per heavy atom. The summed E-state index contributed by atoms with van der Waals surface area (Å²) in [4.78, 5) is 28.9. The summed E-state index contributed by atoms with van der Waals surface area (Å²) in [5.74, 6) is 0.0722. The second kappa shape index (κ2) is 9.66. The highest BCUT2D eigenvalue weighted by molar-refractivity contribution is 9.10. The van der Waals surface area contributed by atoms with Crippen LogP contribution in [0.25, 0.3) is 0 Å². The second-order valence-electron chi connectivity index (χ2n) is 6.63. The van der Waals surface area contributed by atoms with Crippen LogP contribution in [0.3, 0.4) is 0 Å². The maximum atomic E-state index is 13.2. The van der Waals surface area contributed by atoms with Crippen LogP contribution in [0, 0.1) is 5.82 Å². The summed E-state index contributed by atoms with van der Waals surface area (Å²) in [6.45, 7) is 3.79. The minimum Gasteiger partial charge on any atom is -0.493 e. The molecule has 0 unspecified atom stereocenters. The van der Waals surface area contributed by atoms with Crippen LogP contribution in [-0.2, 0) is 0 Å². The molecular formula is C21H21BrClFN2O4. The Hall–Kier alpha value is -2.32. The second-order valence-corrected chi connectivity index (χ2v) is 7.89. The van der Waals surface area contributed by atoms with Crippen molar-refractivity contribution in [3.63, 3.8) is 0 Å². The monoisotopic (exact) mass is 498 g/mol. The average Bonchev–Trinajstić information content (AvgIpc) is 2.74. The van der Waals surface area contributed by atoms with Gasteiger partial charge in [-0.3, -0.25) is 9.59 Å². The Bertz CT molecular complexity index is 964. The molecule has 1 aliphatic heterocycles. The maximum Gasteiger partial charge on any atom is 0.255 e. The van der Waals surface area contributed by atoms with E-state index in [9.17, 15) is 14.0 Å². The van der Waals surface area contributed by atoms with Crippen molar-refractivity contribution in [1.82, 2.24) is 9.80 Å². The van der Waals surface area contributed by atoms with E-state index in [0.29, 0.717) is 54.3 Å². The van der Waals surface area contributed by atoms with Gasteiger partial charge in [0.15, 0.2) is 11.5 Å². The lowest BCUT2D eigenvalue weighted by Gasteiger charge is -2.35. The van der Waals surface area contributed by atoms with E-state index in [1.54, 1.807) is 21.9 Å². The molecule has 160 valence electrons. The Labute approximate surface area is 187 Å². The summed E-state index contributed by atoms with van der Waals surface area (Å²) in [5.41, 5.74) is 0.710. The predicted molar refractivity (Wildman–Crippen MR) is 115 cm³/mol. The van der Waals surface area contributed by atoms with Gasteiger partial charge in [-0.05, 0) is 53.2 Å². The molecule has 0 saturated carbocycles. The first-order valence-corrected chi connectivity index (χ1v) is 10.6. The average molecular weight is 500 g/mol. The maximum absolute atomic E-state index is 13.2. The summed E-state index contributed by atoms with van der Waals surface area (Å²) in [5, 5.41) is 0.0739. The van der Waals surface area contributed by atoms with Gasteiger partial charge in [0.2, 0.25) is 0 Å². The zero-order chi connectivity index (χ0) is 21.8. The Morgan fingerprint density at radius 3 is 2.30 bits per heavy atom. The molecule has 1 heterocycles. The molecule has 3 rings (SSSR count).